The molecular formula is C14H18N2O4. The molecule has 0 bridgehead atoms. The number of likely N-dealkylation sites (tertiary alicyclic amines) is 1. The van der Waals surface area contributed by atoms with E-state index in [2.05, 4.69) is 0 Å². The zero-order valence-corrected chi connectivity index (χ0v) is 11.6. The first kappa shape index (κ1) is 14.5. The number of aliphatic hydroxyl groups excluding tert-OH is 1. The van der Waals surface area contributed by atoms with Gasteiger partial charge in [-0.3, -0.25) is 14.9 Å². The molecule has 1 aromatic carbocycles. The minimum absolute atomic E-state index is 0.0942. The summed E-state index contributed by atoms with van der Waals surface area (Å²) in [5.74, 6) is -0.238. The normalized spacial score (nSPS) is 22.6. The second kappa shape index (κ2) is 5.58. The van der Waals surface area contributed by atoms with Gasteiger partial charge in [0, 0.05) is 18.7 Å². The Hall–Kier alpha value is -1.95. The lowest BCUT2D eigenvalue weighted by molar-refractivity contribution is -0.385. The number of para-hydroxylation sites is 1. The molecule has 6 heteroatoms. The van der Waals surface area contributed by atoms with Gasteiger partial charge in [-0.15, -0.1) is 0 Å². The smallest absolute Gasteiger partial charge is 0.285 e. The third-order valence-electron chi connectivity index (χ3n) is 3.86. The van der Waals surface area contributed by atoms with Crippen molar-refractivity contribution in [1.82, 2.24) is 4.90 Å². The van der Waals surface area contributed by atoms with Crippen molar-refractivity contribution < 1.29 is 14.8 Å². The van der Waals surface area contributed by atoms with E-state index in [0.717, 1.165) is 0 Å². The molecule has 1 aliphatic rings. The summed E-state index contributed by atoms with van der Waals surface area (Å²) in [5.41, 5.74) is 0.411. The summed E-state index contributed by atoms with van der Waals surface area (Å²) in [7, 11) is 0. The lowest BCUT2D eigenvalue weighted by atomic mass is 9.95. The first-order valence-electron chi connectivity index (χ1n) is 6.63. The molecule has 1 aliphatic heterocycles. The number of β-amino-alcohol motifs (C(OH)–C–C–N with tert-alkyl or cyclic N) is 1. The summed E-state index contributed by atoms with van der Waals surface area (Å²) in [6, 6.07) is 4.72. The SMILES string of the molecule is Cc1cccc(C(=O)N2CCC(C)C(O)C2)c1[N+](=O)[O-]. The molecule has 1 aromatic rings. The zero-order chi connectivity index (χ0) is 14.9. The Bertz CT molecular complexity index is 544. The molecule has 1 fully saturated rings. The van der Waals surface area contributed by atoms with Crippen LogP contribution in [0.1, 0.15) is 29.3 Å². The van der Waals surface area contributed by atoms with Crippen molar-refractivity contribution in [2.45, 2.75) is 26.4 Å². The van der Waals surface area contributed by atoms with E-state index < -0.39 is 11.0 Å². The van der Waals surface area contributed by atoms with Gasteiger partial charge in [-0.1, -0.05) is 19.1 Å². The lowest BCUT2D eigenvalue weighted by Gasteiger charge is -2.34. The summed E-state index contributed by atoms with van der Waals surface area (Å²) in [4.78, 5) is 24.5. The molecule has 108 valence electrons. The number of nitrogens with zero attached hydrogens (tertiary/aromatic N) is 2. The fourth-order valence-electron chi connectivity index (χ4n) is 2.48. The maximum absolute atomic E-state index is 12.4. The van der Waals surface area contributed by atoms with Crippen molar-refractivity contribution in [3.8, 4) is 0 Å². The van der Waals surface area contributed by atoms with Gasteiger partial charge in [0.2, 0.25) is 0 Å². The molecule has 0 aliphatic carbocycles. The molecule has 2 unspecified atom stereocenters. The highest BCUT2D eigenvalue weighted by Crippen LogP contribution is 2.26. The molecule has 1 N–H and O–H groups in total. The highest BCUT2D eigenvalue weighted by molar-refractivity contribution is 5.98. The average Bonchev–Trinajstić information content (AvgIpc) is 2.40. The predicted molar refractivity (Wildman–Crippen MR) is 73.5 cm³/mol. The van der Waals surface area contributed by atoms with E-state index in [1.807, 2.05) is 6.92 Å². The van der Waals surface area contributed by atoms with Gasteiger partial charge in [-0.05, 0) is 25.3 Å². The van der Waals surface area contributed by atoms with Crippen LogP contribution in [-0.2, 0) is 0 Å². The van der Waals surface area contributed by atoms with Gasteiger partial charge < -0.3 is 10.0 Å². The van der Waals surface area contributed by atoms with Crippen molar-refractivity contribution in [1.29, 1.82) is 0 Å². The van der Waals surface area contributed by atoms with Crippen LogP contribution in [0.2, 0.25) is 0 Å². The highest BCUT2D eigenvalue weighted by Gasteiger charge is 2.31. The maximum Gasteiger partial charge on any atom is 0.285 e. The summed E-state index contributed by atoms with van der Waals surface area (Å²) in [6.07, 6.45) is 0.128. The van der Waals surface area contributed by atoms with Crippen LogP contribution in [0.15, 0.2) is 18.2 Å². The van der Waals surface area contributed by atoms with Gasteiger partial charge in [0.05, 0.1) is 11.0 Å². The molecule has 2 rings (SSSR count). The van der Waals surface area contributed by atoms with Gasteiger partial charge in [0.1, 0.15) is 5.56 Å². The van der Waals surface area contributed by atoms with E-state index in [4.69, 9.17) is 0 Å². The number of aryl methyl sites for hydroxylation is 1. The van der Waals surface area contributed by atoms with Gasteiger partial charge in [-0.25, -0.2) is 0 Å². The number of rotatable bonds is 2. The number of carbonyl (C=O) groups excluding carboxylic acids is 1. The van der Waals surface area contributed by atoms with E-state index in [0.29, 0.717) is 18.5 Å². The Kier molecular flexibility index (Phi) is 4.04. The van der Waals surface area contributed by atoms with E-state index in [1.165, 1.54) is 11.0 Å². The summed E-state index contributed by atoms with van der Waals surface area (Å²) >= 11 is 0. The maximum atomic E-state index is 12.4. The van der Waals surface area contributed by atoms with Crippen LogP contribution in [0.25, 0.3) is 0 Å². The third kappa shape index (κ3) is 2.65. The number of hydrogen-bond donors (Lipinski definition) is 1. The van der Waals surface area contributed by atoms with Crippen LogP contribution in [-0.4, -0.2) is 40.0 Å². The fraction of sp³-hybridized carbons (Fsp3) is 0.500. The van der Waals surface area contributed by atoms with E-state index in [9.17, 15) is 20.0 Å². The Labute approximate surface area is 117 Å². The minimum atomic E-state index is -0.573. The molecule has 1 heterocycles. The number of hydrogen-bond acceptors (Lipinski definition) is 4. The predicted octanol–water partition coefficient (Wildman–Crippen LogP) is 1.75. The molecular weight excluding hydrogens is 260 g/mol. The van der Waals surface area contributed by atoms with Crippen molar-refractivity contribution in [3.63, 3.8) is 0 Å². The Morgan fingerprint density at radius 2 is 2.20 bits per heavy atom. The molecule has 0 spiro atoms. The first-order valence-corrected chi connectivity index (χ1v) is 6.63. The third-order valence-corrected chi connectivity index (χ3v) is 3.86. The van der Waals surface area contributed by atoms with Crippen molar-refractivity contribution in [2.24, 2.45) is 5.92 Å². The fourth-order valence-corrected chi connectivity index (χ4v) is 2.48. The van der Waals surface area contributed by atoms with Gasteiger partial charge in [0.15, 0.2) is 0 Å². The Morgan fingerprint density at radius 1 is 1.50 bits per heavy atom. The van der Waals surface area contributed by atoms with Crippen LogP contribution in [0.5, 0.6) is 0 Å². The molecule has 0 aromatic heterocycles. The number of carbonyl (C=O) groups is 1. The number of piperidine rings is 1. The standard InChI is InChI=1S/C14H18N2O4/c1-9-6-7-15(8-12(9)17)14(18)11-5-3-4-10(2)13(11)16(19)20/h3-5,9,12,17H,6-8H2,1-2H3. The van der Waals surface area contributed by atoms with Crippen LogP contribution < -0.4 is 0 Å². The number of benzene rings is 1. The second-order valence-electron chi connectivity index (χ2n) is 5.31. The molecule has 6 nitrogen and oxygen atoms in total. The summed E-state index contributed by atoms with van der Waals surface area (Å²) in [5, 5.41) is 21.0. The number of amides is 1. The Balaban J connectivity index is 2.30. The van der Waals surface area contributed by atoms with Crippen LogP contribution in [0.3, 0.4) is 0 Å². The molecule has 20 heavy (non-hydrogen) atoms. The molecule has 1 saturated heterocycles. The van der Waals surface area contributed by atoms with Gasteiger partial charge in [0.25, 0.3) is 11.6 Å². The van der Waals surface area contributed by atoms with Crippen LogP contribution >= 0.6 is 0 Å². The number of aliphatic hydroxyl groups is 1. The van der Waals surface area contributed by atoms with E-state index in [1.54, 1.807) is 19.1 Å². The average molecular weight is 278 g/mol. The topological polar surface area (TPSA) is 83.7 Å². The summed E-state index contributed by atoms with van der Waals surface area (Å²) < 4.78 is 0. The van der Waals surface area contributed by atoms with Gasteiger partial charge >= 0.3 is 0 Å². The van der Waals surface area contributed by atoms with Crippen LogP contribution in [0.4, 0.5) is 5.69 Å². The van der Waals surface area contributed by atoms with Gasteiger partial charge in [-0.2, -0.15) is 0 Å². The first-order chi connectivity index (χ1) is 9.41. The summed E-state index contributed by atoms with van der Waals surface area (Å²) in [6.45, 7) is 4.29. The molecule has 1 amide bonds. The monoisotopic (exact) mass is 278 g/mol. The van der Waals surface area contributed by atoms with Crippen molar-refractivity contribution in [2.75, 3.05) is 13.1 Å². The van der Waals surface area contributed by atoms with Crippen molar-refractivity contribution >= 4 is 11.6 Å². The quantitative estimate of drug-likeness (QED) is 0.659. The molecule has 0 saturated carbocycles. The number of nitro groups is 1. The Morgan fingerprint density at radius 3 is 2.80 bits per heavy atom. The molecule has 0 radical (unpaired) electrons. The van der Waals surface area contributed by atoms with Crippen molar-refractivity contribution in [3.05, 3.63) is 39.4 Å². The largest absolute Gasteiger partial charge is 0.391 e. The van der Waals surface area contributed by atoms with E-state index in [-0.39, 0.29) is 29.6 Å². The molecule has 2 atom stereocenters. The van der Waals surface area contributed by atoms with E-state index >= 15 is 0 Å². The second-order valence-corrected chi connectivity index (χ2v) is 5.31. The number of nitro benzene ring substituents is 1. The lowest BCUT2D eigenvalue weighted by Crippen LogP contribution is -2.46. The van der Waals surface area contributed by atoms with Crippen LogP contribution in [0, 0.1) is 23.0 Å². The highest BCUT2D eigenvalue weighted by atomic mass is 16.6. The minimum Gasteiger partial charge on any atom is -0.391 e. The zero-order valence-electron chi connectivity index (χ0n) is 11.6.